The number of imide groups is 2. The van der Waals surface area contributed by atoms with Crippen molar-refractivity contribution in [2.45, 2.75) is 141 Å². The summed E-state index contributed by atoms with van der Waals surface area (Å²) in [4.78, 5) is 73.5. The number of benzene rings is 4. The number of rotatable bonds is 11. The number of hydrogen-bond donors (Lipinski definition) is 4. The Kier molecular flexibility index (Phi) is 26.3. The molecule has 34 heteroatoms. The molecule has 4 N–H and O–H groups in total. The molecular formula is C87H88ClF2N21O10. The number of carbonyl (C=O) groups excluding carboxylic acids is 4. The topological polar surface area (TPSA) is 387 Å². The van der Waals surface area contributed by atoms with E-state index in [0.29, 0.717) is 56.9 Å². The fourth-order valence-corrected chi connectivity index (χ4v) is 15.0. The lowest BCUT2D eigenvalue weighted by Crippen LogP contribution is -2.45. The number of H-pyrrole nitrogens is 1. The number of nitrogens with one attached hydrogen (secondary N) is 1. The fraction of sp³-hybridized carbons (Fsp3) is 0.368. The number of epoxide rings is 1. The molecule has 7 aliphatic heterocycles. The van der Waals surface area contributed by atoms with E-state index in [0.717, 1.165) is 72.9 Å². The lowest BCUT2D eigenvalue weighted by molar-refractivity contribution is 0.0230. The van der Waals surface area contributed by atoms with Crippen LogP contribution in [0, 0.1) is 75.4 Å². The molecule has 0 aliphatic carbocycles. The number of amides is 4. The van der Waals surface area contributed by atoms with Gasteiger partial charge in [0.05, 0.1) is 160 Å². The number of fused-ring (bicyclic) bond motifs is 3. The molecule has 13 heterocycles. The lowest BCUT2D eigenvalue weighted by atomic mass is 9.95. The minimum atomic E-state index is -0.843. The van der Waals surface area contributed by atoms with Crippen molar-refractivity contribution in [3.8, 4) is 52.5 Å². The molecule has 0 saturated carbocycles. The van der Waals surface area contributed by atoms with Crippen molar-refractivity contribution < 1.29 is 57.5 Å². The predicted octanol–water partition coefficient (Wildman–Crippen LogP) is 11.7. The van der Waals surface area contributed by atoms with Gasteiger partial charge in [0.1, 0.15) is 40.9 Å². The normalized spacial score (nSPS) is 20.1. The molecule has 0 bridgehead atoms. The van der Waals surface area contributed by atoms with Crippen LogP contribution in [0.5, 0.6) is 0 Å². The molecule has 5 saturated heterocycles. The summed E-state index contributed by atoms with van der Waals surface area (Å²) in [6, 6.07) is 46.9. The van der Waals surface area contributed by atoms with Gasteiger partial charge in [0.25, 0.3) is 17.9 Å². The third-order valence-corrected chi connectivity index (χ3v) is 21.2. The number of hydrogen-bond acceptors (Lipinski definition) is 24. The average molecular weight is 1660 g/mol. The number of halogens is 3. The maximum atomic E-state index is 15.0. The maximum Gasteiger partial charge on any atom is 0.417 e. The van der Waals surface area contributed by atoms with Gasteiger partial charge in [-0.25, -0.2) is 49.4 Å². The molecule has 6 aromatic heterocycles. The van der Waals surface area contributed by atoms with Crippen LogP contribution in [0.3, 0.4) is 0 Å². The van der Waals surface area contributed by atoms with Crippen molar-refractivity contribution >= 4 is 58.9 Å². The first-order valence-corrected chi connectivity index (χ1v) is 39.7. The molecule has 5 fully saturated rings. The summed E-state index contributed by atoms with van der Waals surface area (Å²) in [7, 11) is 0. The van der Waals surface area contributed by atoms with Gasteiger partial charge < -0.3 is 54.0 Å². The smallest absolute Gasteiger partial charge is 0.417 e. The van der Waals surface area contributed by atoms with Gasteiger partial charge in [-0.05, 0) is 108 Å². The van der Waals surface area contributed by atoms with E-state index in [1.54, 1.807) is 60.0 Å². The summed E-state index contributed by atoms with van der Waals surface area (Å²) in [5.74, 6) is 0.297. The molecule has 622 valence electrons. The van der Waals surface area contributed by atoms with Crippen LogP contribution in [-0.2, 0) is 40.4 Å². The number of pyridine rings is 2. The quantitative estimate of drug-likeness (QED) is 0.0690. The number of aliphatic hydroxyl groups excluding tert-OH is 3. The highest BCUT2D eigenvalue weighted by molar-refractivity contribution is 6.35. The maximum absolute atomic E-state index is 15.0. The molecule has 8 atom stereocenters. The SMILES string of the molecule is CC(C)(C)OC(=O)N1Cc2nc(-c3c(F)cccc3C#N)cc(Cl)c2C1=O.N#C[C@H]1CCN(c2ccn(Cc3ccccc3)n2)C[C@@H]1O.N#C[C@H]1CCN(c2ccn[nH]2)C[C@@H]1O.[C-]#[N+][C@H]1CCN(c2ccn(-c3cc(-c4c(F)cccc4C#N)nc4c3C(=O)N(C(=O)OC(C)(C)C)C4)n2)C[C@@H]1O.c1ccc(Cn2ccc(N3CCC4OC4C3)n2)cc1. The van der Waals surface area contributed by atoms with E-state index in [9.17, 15) is 49.4 Å². The minimum Gasteiger partial charge on any atom is -0.443 e. The number of aliphatic hydroxyl groups is 3. The molecule has 0 spiro atoms. The number of aromatic nitrogens is 10. The zero-order chi connectivity index (χ0) is 86.0. The minimum absolute atomic E-state index is 0.00660. The van der Waals surface area contributed by atoms with E-state index in [1.165, 1.54) is 64.3 Å². The second-order valence-electron chi connectivity index (χ2n) is 31.7. The molecule has 10 aromatic rings. The number of nitriles is 4. The van der Waals surface area contributed by atoms with Crippen LogP contribution < -0.4 is 19.6 Å². The Balaban J connectivity index is 0.000000137. The van der Waals surface area contributed by atoms with Gasteiger partial charge in [0, 0.05) is 95.1 Å². The summed E-state index contributed by atoms with van der Waals surface area (Å²) < 4.78 is 50.8. The fourth-order valence-electron chi connectivity index (χ4n) is 14.7. The van der Waals surface area contributed by atoms with Gasteiger partial charge in [-0.15, -0.1) is 0 Å². The van der Waals surface area contributed by atoms with Crippen molar-refractivity contribution in [3.05, 3.63) is 231 Å². The number of ether oxygens (including phenoxy) is 3. The summed E-state index contributed by atoms with van der Waals surface area (Å²) in [6.07, 6.45) is 7.63. The van der Waals surface area contributed by atoms with Gasteiger partial charge in [-0.1, -0.05) is 84.4 Å². The monoisotopic (exact) mass is 1660 g/mol. The average Bonchev–Trinajstić information content (AvgIpc) is 1.62. The highest BCUT2D eigenvalue weighted by atomic mass is 35.5. The van der Waals surface area contributed by atoms with Gasteiger partial charge in [-0.2, -0.15) is 41.4 Å². The third-order valence-electron chi connectivity index (χ3n) is 20.9. The number of β-amino-alcohol motifs (C(OH)–C–C–N with tert-alkyl or cyclic N) is 3. The number of piperidine rings is 4. The largest absolute Gasteiger partial charge is 0.443 e. The van der Waals surface area contributed by atoms with E-state index in [1.807, 2.05) is 78.8 Å². The summed E-state index contributed by atoms with van der Waals surface area (Å²) in [6.45, 7) is 23.9. The Hall–Kier alpha value is -13.5. The van der Waals surface area contributed by atoms with Crippen LogP contribution in [0.25, 0.3) is 33.0 Å². The molecule has 2 unspecified atom stereocenters. The Morgan fingerprint density at radius 3 is 1.53 bits per heavy atom. The highest BCUT2D eigenvalue weighted by Crippen LogP contribution is 2.39. The molecule has 0 radical (unpaired) electrons. The predicted molar refractivity (Wildman–Crippen MR) is 440 cm³/mol. The van der Waals surface area contributed by atoms with Crippen LogP contribution in [0.15, 0.2) is 158 Å². The van der Waals surface area contributed by atoms with Crippen molar-refractivity contribution in [1.29, 1.82) is 21.0 Å². The molecule has 4 aromatic carbocycles. The Bertz CT molecular complexity index is 5640. The Morgan fingerprint density at radius 1 is 0.570 bits per heavy atom. The molecule has 31 nitrogen and oxygen atoms in total. The van der Waals surface area contributed by atoms with Gasteiger partial charge in [0.15, 0.2) is 17.5 Å². The van der Waals surface area contributed by atoms with Gasteiger partial charge >= 0.3 is 12.2 Å². The van der Waals surface area contributed by atoms with E-state index >= 15 is 4.39 Å². The molecule has 4 amide bonds. The van der Waals surface area contributed by atoms with Crippen molar-refractivity contribution in [3.63, 3.8) is 0 Å². The van der Waals surface area contributed by atoms with Gasteiger partial charge in [0.2, 0.25) is 0 Å². The van der Waals surface area contributed by atoms with E-state index in [2.05, 4.69) is 106 Å². The van der Waals surface area contributed by atoms with Crippen molar-refractivity contribution in [1.82, 2.24) is 59.3 Å². The number of carbonyl (C=O) groups is 4. The summed E-state index contributed by atoms with van der Waals surface area (Å²) >= 11 is 6.23. The molecule has 17 rings (SSSR count). The van der Waals surface area contributed by atoms with Crippen LogP contribution in [0.2, 0.25) is 5.02 Å². The van der Waals surface area contributed by atoms with E-state index < -0.39 is 71.2 Å². The molecule has 7 aliphatic rings. The van der Waals surface area contributed by atoms with Crippen molar-refractivity contribution in [2.24, 2.45) is 11.8 Å². The zero-order valence-corrected chi connectivity index (χ0v) is 68.0. The second kappa shape index (κ2) is 37.2. The number of anilines is 4. The van der Waals surface area contributed by atoms with E-state index in [4.69, 9.17) is 42.9 Å². The number of aromatic amines is 1. The summed E-state index contributed by atoms with van der Waals surface area (Å²) in [5, 5.41) is 87.0. The van der Waals surface area contributed by atoms with Gasteiger partial charge in [-0.3, -0.25) is 24.1 Å². The summed E-state index contributed by atoms with van der Waals surface area (Å²) in [5.41, 5.74) is 2.04. The lowest BCUT2D eigenvalue weighted by Gasteiger charge is -2.33. The highest BCUT2D eigenvalue weighted by Gasteiger charge is 2.45. The van der Waals surface area contributed by atoms with E-state index in [-0.39, 0.29) is 98.3 Å². The van der Waals surface area contributed by atoms with Crippen LogP contribution in [-0.4, -0.2) is 199 Å². The second-order valence-corrected chi connectivity index (χ2v) is 32.2. The van der Waals surface area contributed by atoms with Crippen LogP contribution in [0.4, 0.5) is 41.6 Å². The standard InChI is InChI=1S/C28H26FN7O4.C19H15ClFN3O3.C16H18N4O.C15H17N3O.C9H12N4O/c1-28(2,3)40-27(39)35-14-20-25(26(35)38)21(12-19(32-20)24-16(13-30)6-5-7-17(24)29)36-11-9-23(33-36)34-10-8-18(31-4)22(37)15-34;1-19(2,3)27-18(26)24-9-14-16(17(24)25)11(20)7-13(23-14)15-10(8-22)5-4-6-12(15)21;17-10-14-6-8-19(12-15(14)21)16-7-9-20(18-16)11-13-4-2-1-3-5-13;1-2-4-12(5-3-1)10-18-9-7-15(16-18)17-8-6-13-14(11-17)19-13;10-5-7-2-4-13(6-8(7)14)9-1-3-11-12-9/h5-7,9,11-12,18,22,37H,8,10,14-15H2,1-3H3;4-7H,9H2,1-3H3;1-5,7,9,14-15,21H,6,8,11-12H2;1-5,7,9,13-14H,6,8,10-11H2;1,3,7-8,14H,2,4,6H2,(H,11,12)/t18-,22-;;14-,15+;;7-,8+/m0.1.1/s1. The van der Waals surface area contributed by atoms with Crippen LogP contribution in [0.1, 0.15) is 122 Å². The number of nitrogens with zero attached hydrogens (tertiary/aromatic N) is 20. The first-order chi connectivity index (χ1) is 58.1. The first kappa shape index (κ1) is 85.4. The van der Waals surface area contributed by atoms with Crippen LogP contribution >= 0.6 is 11.6 Å². The third kappa shape index (κ3) is 20.5. The van der Waals surface area contributed by atoms with Crippen molar-refractivity contribution in [2.75, 3.05) is 72.0 Å². The molecule has 121 heavy (non-hydrogen) atoms. The molecular weight excluding hydrogens is 1570 g/mol. The first-order valence-electron chi connectivity index (χ1n) is 39.3. The zero-order valence-electron chi connectivity index (χ0n) is 67.2. The Morgan fingerprint density at radius 2 is 1.04 bits per heavy atom. The Labute approximate surface area is 701 Å².